The summed E-state index contributed by atoms with van der Waals surface area (Å²) in [6, 6.07) is 9.82. The second kappa shape index (κ2) is 6.37. The second-order valence-corrected chi connectivity index (χ2v) is 4.74. The summed E-state index contributed by atoms with van der Waals surface area (Å²) in [5.74, 6) is -1.05. The number of ether oxygens (including phenoxy) is 1. The topological polar surface area (TPSA) is 68.3 Å². The van der Waals surface area contributed by atoms with Gasteiger partial charge in [-0.15, -0.1) is 0 Å². The van der Waals surface area contributed by atoms with Crippen molar-refractivity contribution in [3.8, 4) is 0 Å². The molecule has 1 N–H and O–H groups in total. The third kappa shape index (κ3) is 3.58. The molecule has 5 nitrogen and oxygen atoms in total. The lowest BCUT2D eigenvalue weighted by molar-refractivity contribution is 0.0594. The lowest BCUT2D eigenvalue weighted by Crippen LogP contribution is -2.16. The number of amides is 1. The summed E-state index contributed by atoms with van der Waals surface area (Å²) < 4.78 is 4.57. The van der Waals surface area contributed by atoms with Crippen LogP contribution in [0.1, 0.15) is 26.5 Å². The molecular formula is C15H13ClN2O3. The van der Waals surface area contributed by atoms with Crippen LogP contribution in [0.5, 0.6) is 0 Å². The minimum absolute atomic E-state index is 0.0696. The Hall–Kier alpha value is -2.40. The van der Waals surface area contributed by atoms with Crippen LogP contribution >= 0.6 is 11.6 Å². The molecule has 0 unspecified atom stereocenters. The summed E-state index contributed by atoms with van der Waals surface area (Å²) in [7, 11) is 1.25. The fourth-order valence-electron chi connectivity index (χ4n) is 1.69. The van der Waals surface area contributed by atoms with Crippen LogP contribution in [0.2, 0.25) is 5.02 Å². The van der Waals surface area contributed by atoms with E-state index in [1.807, 2.05) is 13.0 Å². The second-order valence-electron chi connectivity index (χ2n) is 4.34. The van der Waals surface area contributed by atoms with Crippen molar-refractivity contribution in [2.45, 2.75) is 6.92 Å². The van der Waals surface area contributed by atoms with Crippen molar-refractivity contribution in [1.29, 1.82) is 0 Å². The zero-order valence-electron chi connectivity index (χ0n) is 11.5. The Balaban J connectivity index is 2.22. The molecule has 0 spiro atoms. The van der Waals surface area contributed by atoms with Crippen molar-refractivity contribution in [3.63, 3.8) is 0 Å². The number of halogens is 1. The van der Waals surface area contributed by atoms with Gasteiger partial charge in [0.1, 0.15) is 11.4 Å². The molecular weight excluding hydrogens is 292 g/mol. The van der Waals surface area contributed by atoms with E-state index in [2.05, 4.69) is 15.0 Å². The number of hydrogen-bond acceptors (Lipinski definition) is 4. The van der Waals surface area contributed by atoms with E-state index < -0.39 is 11.9 Å². The molecule has 0 aliphatic heterocycles. The van der Waals surface area contributed by atoms with Crippen LogP contribution in [-0.2, 0) is 4.74 Å². The maximum Gasteiger partial charge on any atom is 0.356 e. The highest BCUT2D eigenvalue weighted by Gasteiger charge is 2.13. The summed E-state index contributed by atoms with van der Waals surface area (Å²) in [6.45, 7) is 1.90. The molecule has 2 aromatic rings. The predicted molar refractivity (Wildman–Crippen MR) is 79.7 cm³/mol. The monoisotopic (exact) mass is 304 g/mol. The highest BCUT2D eigenvalue weighted by molar-refractivity contribution is 6.34. The molecule has 0 saturated carbocycles. The number of benzene rings is 1. The average molecular weight is 305 g/mol. The largest absolute Gasteiger partial charge is 0.464 e. The first-order chi connectivity index (χ1) is 10.0. The molecule has 0 atom stereocenters. The number of carbonyl (C=O) groups is 2. The van der Waals surface area contributed by atoms with Gasteiger partial charge in [0.15, 0.2) is 0 Å². The van der Waals surface area contributed by atoms with Crippen molar-refractivity contribution in [1.82, 2.24) is 4.98 Å². The number of esters is 1. The highest BCUT2D eigenvalue weighted by Crippen LogP contribution is 2.23. The van der Waals surface area contributed by atoms with E-state index in [4.69, 9.17) is 11.6 Å². The minimum atomic E-state index is -0.599. The van der Waals surface area contributed by atoms with Crippen LogP contribution < -0.4 is 5.32 Å². The molecule has 1 aromatic heterocycles. The van der Waals surface area contributed by atoms with Gasteiger partial charge >= 0.3 is 5.97 Å². The van der Waals surface area contributed by atoms with Gasteiger partial charge < -0.3 is 10.1 Å². The van der Waals surface area contributed by atoms with Crippen LogP contribution in [-0.4, -0.2) is 24.0 Å². The number of methoxy groups -OCH3 is 1. The molecule has 21 heavy (non-hydrogen) atoms. The fraction of sp³-hybridized carbons (Fsp3) is 0.133. The van der Waals surface area contributed by atoms with Gasteiger partial charge in [-0.05, 0) is 36.8 Å². The van der Waals surface area contributed by atoms with Gasteiger partial charge in [-0.25, -0.2) is 9.78 Å². The Bertz CT molecular complexity index is 701. The zero-order chi connectivity index (χ0) is 15.4. The third-order valence-corrected chi connectivity index (χ3v) is 3.06. The molecule has 1 heterocycles. The number of rotatable bonds is 3. The standard InChI is InChI=1S/C15H13ClN2O3/c1-9-6-7-11(10(16)8-9)18-14(19)12-4-3-5-13(17-12)15(20)21-2/h3-8H,1-2H3,(H,18,19). The van der Waals surface area contributed by atoms with Gasteiger partial charge in [0, 0.05) is 0 Å². The van der Waals surface area contributed by atoms with Gasteiger partial charge in [0.05, 0.1) is 17.8 Å². The normalized spacial score (nSPS) is 10.0. The molecule has 1 amide bonds. The Kier molecular flexibility index (Phi) is 4.55. The Labute approximate surface area is 126 Å². The van der Waals surface area contributed by atoms with Gasteiger partial charge in [0.25, 0.3) is 5.91 Å². The van der Waals surface area contributed by atoms with Crippen molar-refractivity contribution < 1.29 is 14.3 Å². The first-order valence-electron chi connectivity index (χ1n) is 6.14. The van der Waals surface area contributed by atoms with Crippen LogP contribution in [0.3, 0.4) is 0 Å². The summed E-state index contributed by atoms with van der Waals surface area (Å²) >= 11 is 6.06. The molecule has 0 aliphatic carbocycles. The van der Waals surface area contributed by atoms with Crippen molar-refractivity contribution in [3.05, 3.63) is 58.4 Å². The Morgan fingerprint density at radius 2 is 1.90 bits per heavy atom. The number of anilines is 1. The lowest BCUT2D eigenvalue weighted by Gasteiger charge is -2.08. The highest BCUT2D eigenvalue weighted by atomic mass is 35.5. The number of aryl methyl sites for hydroxylation is 1. The number of pyridine rings is 1. The number of aromatic nitrogens is 1. The smallest absolute Gasteiger partial charge is 0.356 e. The van der Waals surface area contributed by atoms with E-state index in [9.17, 15) is 9.59 Å². The third-order valence-electron chi connectivity index (χ3n) is 2.75. The molecule has 1 aromatic carbocycles. The van der Waals surface area contributed by atoms with Crippen LogP contribution in [0.4, 0.5) is 5.69 Å². The number of hydrogen-bond donors (Lipinski definition) is 1. The molecule has 0 aliphatic rings. The number of carbonyl (C=O) groups excluding carboxylic acids is 2. The van der Waals surface area contributed by atoms with E-state index in [1.165, 1.54) is 19.2 Å². The molecule has 108 valence electrons. The summed E-state index contributed by atoms with van der Waals surface area (Å²) in [6.07, 6.45) is 0. The van der Waals surface area contributed by atoms with Gasteiger partial charge in [-0.1, -0.05) is 23.7 Å². The maximum absolute atomic E-state index is 12.1. The lowest BCUT2D eigenvalue weighted by atomic mass is 10.2. The molecule has 0 fully saturated rings. The summed E-state index contributed by atoms with van der Waals surface area (Å²) in [4.78, 5) is 27.5. The van der Waals surface area contributed by atoms with E-state index in [1.54, 1.807) is 18.2 Å². The first-order valence-corrected chi connectivity index (χ1v) is 6.52. The molecule has 0 saturated heterocycles. The molecule has 0 radical (unpaired) electrons. The van der Waals surface area contributed by atoms with E-state index in [0.29, 0.717) is 10.7 Å². The van der Waals surface area contributed by atoms with E-state index in [0.717, 1.165) is 5.56 Å². The van der Waals surface area contributed by atoms with Gasteiger partial charge in [-0.2, -0.15) is 0 Å². The van der Waals surface area contributed by atoms with Gasteiger partial charge in [0.2, 0.25) is 0 Å². The van der Waals surface area contributed by atoms with Crippen LogP contribution in [0.15, 0.2) is 36.4 Å². The quantitative estimate of drug-likeness (QED) is 0.885. The summed E-state index contributed by atoms with van der Waals surface area (Å²) in [5, 5.41) is 3.09. The van der Waals surface area contributed by atoms with Crippen molar-refractivity contribution in [2.75, 3.05) is 12.4 Å². The molecule has 6 heteroatoms. The zero-order valence-corrected chi connectivity index (χ0v) is 12.3. The van der Waals surface area contributed by atoms with Crippen LogP contribution in [0, 0.1) is 6.92 Å². The van der Waals surface area contributed by atoms with E-state index >= 15 is 0 Å². The molecule has 2 rings (SSSR count). The predicted octanol–water partition coefficient (Wildman–Crippen LogP) is 3.08. The molecule has 0 bridgehead atoms. The number of nitrogens with one attached hydrogen (secondary N) is 1. The first kappa shape index (κ1) is 15.0. The summed E-state index contributed by atoms with van der Waals surface area (Å²) in [5.41, 5.74) is 1.65. The van der Waals surface area contributed by atoms with Crippen molar-refractivity contribution >= 4 is 29.2 Å². The van der Waals surface area contributed by atoms with E-state index in [-0.39, 0.29) is 11.4 Å². The van der Waals surface area contributed by atoms with Gasteiger partial charge in [-0.3, -0.25) is 4.79 Å². The van der Waals surface area contributed by atoms with Crippen LogP contribution in [0.25, 0.3) is 0 Å². The minimum Gasteiger partial charge on any atom is -0.464 e. The fourth-order valence-corrected chi connectivity index (χ4v) is 1.97. The average Bonchev–Trinajstić information content (AvgIpc) is 2.49. The SMILES string of the molecule is COC(=O)c1cccc(C(=O)Nc2ccc(C)cc2Cl)n1. The maximum atomic E-state index is 12.1. The Morgan fingerprint density at radius 1 is 1.19 bits per heavy atom. The Morgan fingerprint density at radius 3 is 2.57 bits per heavy atom. The number of nitrogens with zero attached hydrogens (tertiary/aromatic N) is 1. The van der Waals surface area contributed by atoms with Crippen molar-refractivity contribution in [2.24, 2.45) is 0 Å².